The number of halogens is 2. The van der Waals surface area contributed by atoms with E-state index in [1.807, 2.05) is 7.05 Å². The zero-order valence-corrected chi connectivity index (χ0v) is 14.4. The third-order valence-electron chi connectivity index (χ3n) is 3.74. The van der Waals surface area contributed by atoms with Gasteiger partial charge in [-0.1, -0.05) is 0 Å². The van der Waals surface area contributed by atoms with E-state index in [-0.39, 0.29) is 16.5 Å². The Hall–Kier alpha value is -0.700. The van der Waals surface area contributed by atoms with Crippen LogP contribution in [0.5, 0.6) is 0 Å². The van der Waals surface area contributed by atoms with Crippen LogP contribution < -0.4 is 5.73 Å². The van der Waals surface area contributed by atoms with E-state index in [9.17, 15) is 12.8 Å². The number of hydrogen-bond donors (Lipinski definition) is 1. The number of nitrogens with two attached hydrogens (primary N) is 1. The number of nitrogen functional groups attached to an aromatic ring is 1. The van der Waals surface area contributed by atoms with E-state index < -0.39 is 15.8 Å². The number of likely N-dealkylation sites (tertiary alicyclic amines) is 1. The van der Waals surface area contributed by atoms with Crippen LogP contribution in [0.2, 0.25) is 0 Å². The fraction of sp³-hybridized carbons (Fsp3) is 0.538. The van der Waals surface area contributed by atoms with Crippen LogP contribution in [0.4, 0.5) is 10.1 Å². The van der Waals surface area contributed by atoms with Crippen molar-refractivity contribution in [3.63, 3.8) is 0 Å². The molecule has 0 aromatic heterocycles. The van der Waals surface area contributed by atoms with Crippen molar-refractivity contribution in [1.29, 1.82) is 0 Å². The number of hydrogen-bond acceptors (Lipinski definition) is 4. The average Bonchev–Trinajstić information content (AvgIpc) is 2.79. The van der Waals surface area contributed by atoms with Crippen LogP contribution in [-0.2, 0) is 10.0 Å². The van der Waals surface area contributed by atoms with Crippen molar-refractivity contribution in [2.45, 2.75) is 11.3 Å². The first kappa shape index (κ1) is 16.7. The van der Waals surface area contributed by atoms with Crippen LogP contribution >= 0.6 is 15.9 Å². The molecule has 5 nitrogen and oxygen atoms in total. The minimum Gasteiger partial charge on any atom is -0.398 e. The van der Waals surface area contributed by atoms with Gasteiger partial charge in [0.05, 0.1) is 0 Å². The molecule has 0 spiro atoms. The van der Waals surface area contributed by atoms with Gasteiger partial charge < -0.3 is 10.6 Å². The van der Waals surface area contributed by atoms with Crippen molar-refractivity contribution in [2.24, 2.45) is 5.92 Å². The predicted octanol–water partition coefficient (Wildman–Crippen LogP) is 1.74. The van der Waals surface area contributed by atoms with E-state index in [0.29, 0.717) is 11.0 Å². The van der Waals surface area contributed by atoms with Gasteiger partial charge in [0.2, 0.25) is 10.0 Å². The summed E-state index contributed by atoms with van der Waals surface area (Å²) in [6.07, 6.45) is 0.946. The molecule has 21 heavy (non-hydrogen) atoms. The molecular formula is C13H19BrFN3O2S. The fourth-order valence-electron chi connectivity index (χ4n) is 2.55. The zero-order valence-electron chi connectivity index (χ0n) is 12.0. The van der Waals surface area contributed by atoms with E-state index in [2.05, 4.69) is 20.8 Å². The quantitative estimate of drug-likeness (QED) is 0.809. The van der Waals surface area contributed by atoms with Crippen molar-refractivity contribution < 1.29 is 12.8 Å². The number of benzene rings is 1. The molecule has 0 amide bonds. The van der Waals surface area contributed by atoms with E-state index in [1.54, 1.807) is 0 Å². The zero-order chi connectivity index (χ0) is 15.8. The summed E-state index contributed by atoms with van der Waals surface area (Å²) in [6.45, 7) is 2.19. The second-order valence-electron chi connectivity index (χ2n) is 5.51. The maximum absolute atomic E-state index is 14.0. The first-order chi connectivity index (χ1) is 9.71. The van der Waals surface area contributed by atoms with Crippen LogP contribution in [0.3, 0.4) is 0 Å². The molecule has 1 aromatic rings. The van der Waals surface area contributed by atoms with Crippen LogP contribution in [0.25, 0.3) is 0 Å². The van der Waals surface area contributed by atoms with Crippen molar-refractivity contribution in [1.82, 2.24) is 9.21 Å². The molecule has 0 bridgehead atoms. The summed E-state index contributed by atoms with van der Waals surface area (Å²) in [4.78, 5) is 1.78. The van der Waals surface area contributed by atoms with Gasteiger partial charge in [0.25, 0.3) is 0 Å². The topological polar surface area (TPSA) is 66.6 Å². The lowest BCUT2D eigenvalue weighted by molar-refractivity contribution is 0.356. The molecule has 1 unspecified atom stereocenters. The molecule has 2 N–H and O–H groups in total. The Morgan fingerprint density at radius 3 is 2.76 bits per heavy atom. The second-order valence-corrected chi connectivity index (χ2v) is 8.37. The van der Waals surface area contributed by atoms with Gasteiger partial charge >= 0.3 is 0 Å². The highest BCUT2D eigenvalue weighted by molar-refractivity contribution is 9.10. The highest BCUT2D eigenvalue weighted by Gasteiger charge is 2.29. The van der Waals surface area contributed by atoms with Gasteiger partial charge in [0.15, 0.2) is 0 Å². The minimum atomic E-state index is -3.87. The van der Waals surface area contributed by atoms with Gasteiger partial charge in [-0.2, -0.15) is 0 Å². The van der Waals surface area contributed by atoms with Crippen molar-refractivity contribution in [3.8, 4) is 0 Å². The molecule has 0 radical (unpaired) electrons. The molecule has 2 rings (SSSR count). The van der Waals surface area contributed by atoms with Crippen LogP contribution in [-0.4, -0.2) is 51.4 Å². The lowest BCUT2D eigenvalue weighted by Gasteiger charge is -2.21. The molecule has 8 heteroatoms. The lowest BCUT2D eigenvalue weighted by Crippen LogP contribution is -2.33. The summed E-state index contributed by atoms with van der Waals surface area (Å²) >= 11 is 3.08. The van der Waals surface area contributed by atoms with E-state index in [1.165, 1.54) is 11.4 Å². The van der Waals surface area contributed by atoms with Crippen molar-refractivity contribution in [3.05, 3.63) is 22.4 Å². The monoisotopic (exact) mass is 379 g/mol. The first-order valence-corrected chi connectivity index (χ1v) is 8.84. The summed E-state index contributed by atoms with van der Waals surface area (Å²) in [6, 6.07) is 2.24. The number of anilines is 1. The Morgan fingerprint density at radius 2 is 2.19 bits per heavy atom. The number of sulfonamides is 1. The molecule has 1 aromatic carbocycles. The Bertz CT molecular complexity index is 639. The second kappa shape index (κ2) is 6.20. The minimum absolute atomic E-state index is 0.198. The molecule has 0 saturated carbocycles. The van der Waals surface area contributed by atoms with Crippen molar-refractivity contribution >= 4 is 31.6 Å². The standard InChI is InChI=1S/C13H19BrFN3O2S/c1-17-4-3-9(7-17)8-18(2)21(19,20)13-6-12(16)10(14)5-11(13)15/h5-6,9H,3-4,7-8,16H2,1-2H3. The molecule has 1 fully saturated rings. The fourth-order valence-corrected chi connectivity index (χ4v) is 4.19. The van der Waals surface area contributed by atoms with Gasteiger partial charge in [-0.25, -0.2) is 17.1 Å². The van der Waals surface area contributed by atoms with E-state index >= 15 is 0 Å². The van der Waals surface area contributed by atoms with E-state index in [4.69, 9.17) is 5.73 Å². The Kier molecular flexibility index (Phi) is 4.92. The normalized spacial score (nSPS) is 20.3. The summed E-state index contributed by atoms with van der Waals surface area (Å²) in [5.41, 5.74) is 5.86. The summed E-state index contributed by atoms with van der Waals surface area (Å²) in [5, 5.41) is 0. The van der Waals surface area contributed by atoms with Gasteiger partial charge in [-0.15, -0.1) is 0 Å². The smallest absolute Gasteiger partial charge is 0.245 e. The first-order valence-electron chi connectivity index (χ1n) is 6.61. The molecule has 1 aliphatic heterocycles. The summed E-state index contributed by atoms with van der Waals surface area (Å²) in [7, 11) is -0.394. The van der Waals surface area contributed by atoms with Crippen LogP contribution in [0, 0.1) is 11.7 Å². The molecule has 1 aliphatic rings. The van der Waals surface area contributed by atoms with Crippen molar-refractivity contribution in [2.75, 3.05) is 39.5 Å². The SMILES string of the molecule is CN1CCC(CN(C)S(=O)(=O)c2cc(N)c(Br)cc2F)C1. The van der Waals surface area contributed by atoms with Crippen LogP contribution in [0.1, 0.15) is 6.42 Å². The lowest BCUT2D eigenvalue weighted by atomic mass is 10.1. The van der Waals surface area contributed by atoms with Gasteiger partial charge in [-0.05, 0) is 54.0 Å². The Balaban J connectivity index is 2.23. The Labute approximate surface area is 133 Å². The highest BCUT2D eigenvalue weighted by atomic mass is 79.9. The summed E-state index contributed by atoms with van der Waals surface area (Å²) in [5.74, 6) is -0.530. The molecule has 0 aliphatic carbocycles. The highest BCUT2D eigenvalue weighted by Crippen LogP contribution is 2.28. The largest absolute Gasteiger partial charge is 0.398 e. The van der Waals surface area contributed by atoms with Gasteiger partial charge in [0.1, 0.15) is 10.7 Å². The molecule has 1 atom stereocenters. The van der Waals surface area contributed by atoms with Crippen LogP contribution in [0.15, 0.2) is 21.5 Å². The maximum atomic E-state index is 14.0. The molecular weight excluding hydrogens is 361 g/mol. The number of rotatable bonds is 4. The third kappa shape index (κ3) is 3.56. The number of nitrogens with zero attached hydrogens (tertiary/aromatic N) is 2. The molecule has 1 heterocycles. The predicted molar refractivity (Wildman–Crippen MR) is 83.9 cm³/mol. The van der Waals surface area contributed by atoms with E-state index in [0.717, 1.165) is 31.6 Å². The molecule has 1 saturated heterocycles. The summed E-state index contributed by atoms with van der Waals surface area (Å²) < 4.78 is 40.5. The third-order valence-corrected chi connectivity index (χ3v) is 6.27. The van der Waals surface area contributed by atoms with Gasteiger partial charge in [-0.3, -0.25) is 0 Å². The maximum Gasteiger partial charge on any atom is 0.245 e. The Morgan fingerprint density at radius 1 is 1.52 bits per heavy atom. The average molecular weight is 380 g/mol. The molecule has 118 valence electrons. The van der Waals surface area contributed by atoms with Gasteiger partial charge in [0, 0.05) is 30.3 Å².